The van der Waals surface area contributed by atoms with Gasteiger partial charge in [0.15, 0.2) is 0 Å². The Balaban J connectivity index is 1.85. The second kappa shape index (κ2) is 5.97. The van der Waals surface area contributed by atoms with Crippen LogP contribution in [0.3, 0.4) is 0 Å². The van der Waals surface area contributed by atoms with E-state index in [9.17, 15) is 14.7 Å². The van der Waals surface area contributed by atoms with Crippen LogP contribution in [-0.2, 0) is 19.1 Å². The molecular weight excluding hydrogens is 320 g/mol. The SMILES string of the molecule is C/C=C(/C)C(=O)O[C@H]1CC[C@H]2C[C@]3(O)OC(=O)C(C)=C3C[C@@]2(C)[C@H]1C. The van der Waals surface area contributed by atoms with E-state index in [0.29, 0.717) is 29.6 Å². The smallest absolute Gasteiger partial charge is 0.336 e. The molecule has 0 amide bonds. The quantitative estimate of drug-likeness (QED) is 0.612. The Morgan fingerprint density at radius 3 is 2.72 bits per heavy atom. The summed E-state index contributed by atoms with van der Waals surface area (Å²) in [5.74, 6) is -1.74. The minimum Gasteiger partial charge on any atom is -0.459 e. The highest BCUT2D eigenvalue weighted by atomic mass is 16.7. The molecule has 5 heteroatoms. The van der Waals surface area contributed by atoms with Gasteiger partial charge in [0.25, 0.3) is 0 Å². The maximum Gasteiger partial charge on any atom is 0.336 e. The molecule has 0 aromatic heterocycles. The number of rotatable bonds is 2. The van der Waals surface area contributed by atoms with E-state index in [1.807, 2.05) is 6.92 Å². The Morgan fingerprint density at radius 2 is 2.08 bits per heavy atom. The lowest BCUT2D eigenvalue weighted by Crippen LogP contribution is -2.54. The first kappa shape index (κ1) is 18.2. The summed E-state index contributed by atoms with van der Waals surface area (Å²) >= 11 is 0. The normalized spacial score (nSPS) is 41.1. The molecule has 0 unspecified atom stereocenters. The lowest BCUT2D eigenvalue weighted by atomic mass is 9.53. The zero-order valence-corrected chi connectivity index (χ0v) is 15.7. The average Bonchev–Trinajstić information content (AvgIpc) is 2.78. The third-order valence-corrected chi connectivity index (χ3v) is 6.92. The van der Waals surface area contributed by atoms with Gasteiger partial charge in [0, 0.05) is 23.1 Å². The van der Waals surface area contributed by atoms with Crippen molar-refractivity contribution in [2.45, 2.75) is 72.2 Å². The van der Waals surface area contributed by atoms with Crippen LogP contribution in [0, 0.1) is 17.3 Å². The molecule has 25 heavy (non-hydrogen) atoms. The van der Waals surface area contributed by atoms with Crippen molar-refractivity contribution in [1.29, 1.82) is 0 Å². The summed E-state index contributed by atoms with van der Waals surface area (Å²) in [4.78, 5) is 24.1. The predicted octanol–water partition coefficient (Wildman–Crippen LogP) is 3.27. The van der Waals surface area contributed by atoms with Gasteiger partial charge in [-0.2, -0.15) is 0 Å². The van der Waals surface area contributed by atoms with Crippen LogP contribution in [0.4, 0.5) is 0 Å². The van der Waals surface area contributed by atoms with Crippen molar-refractivity contribution in [3.05, 3.63) is 22.8 Å². The maximum absolute atomic E-state index is 12.2. The zero-order valence-electron chi connectivity index (χ0n) is 15.7. The molecule has 1 aliphatic heterocycles. The van der Waals surface area contributed by atoms with Crippen molar-refractivity contribution in [1.82, 2.24) is 0 Å². The molecule has 3 aliphatic rings. The first-order valence-corrected chi connectivity index (χ1v) is 9.12. The Hall–Kier alpha value is -1.62. The van der Waals surface area contributed by atoms with E-state index in [0.717, 1.165) is 12.8 Å². The van der Waals surface area contributed by atoms with Gasteiger partial charge in [0.05, 0.1) is 0 Å². The molecule has 0 aromatic rings. The number of carbonyl (C=O) groups is 2. The summed E-state index contributed by atoms with van der Waals surface area (Å²) in [5.41, 5.74) is 1.72. The van der Waals surface area contributed by atoms with Crippen molar-refractivity contribution >= 4 is 11.9 Å². The second-order valence-corrected chi connectivity index (χ2v) is 8.14. The molecule has 0 bridgehead atoms. The van der Waals surface area contributed by atoms with Crippen molar-refractivity contribution < 1.29 is 24.2 Å². The van der Waals surface area contributed by atoms with Crippen LogP contribution in [0.5, 0.6) is 0 Å². The fourth-order valence-electron chi connectivity index (χ4n) is 4.75. The molecule has 5 nitrogen and oxygen atoms in total. The minimum absolute atomic E-state index is 0.135. The van der Waals surface area contributed by atoms with Gasteiger partial charge >= 0.3 is 11.9 Å². The molecule has 0 spiro atoms. The van der Waals surface area contributed by atoms with Gasteiger partial charge in [0.1, 0.15) is 6.10 Å². The van der Waals surface area contributed by atoms with E-state index in [2.05, 4.69) is 13.8 Å². The molecule has 3 rings (SSSR count). The highest BCUT2D eigenvalue weighted by Gasteiger charge is 2.59. The predicted molar refractivity (Wildman–Crippen MR) is 92.3 cm³/mol. The topological polar surface area (TPSA) is 72.8 Å². The van der Waals surface area contributed by atoms with Crippen LogP contribution in [0.1, 0.15) is 60.3 Å². The highest BCUT2D eigenvalue weighted by molar-refractivity contribution is 5.92. The van der Waals surface area contributed by atoms with E-state index in [1.165, 1.54) is 0 Å². The van der Waals surface area contributed by atoms with Gasteiger partial charge in [-0.15, -0.1) is 0 Å². The number of aliphatic hydroxyl groups is 1. The minimum atomic E-state index is -1.43. The second-order valence-electron chi connectivity index (χ2n) is 8.14. The van der Waals surface area contributed by atoms with Crippen LogP contribution in [0.15, 0.2) is 22.8 Å². The number of carbonyl (C=O) groups excluding carboxylic acids is 2. The Kier molecular flexibility index (Phi) is 4.34. The van der Waals surface area contributed by atoms with Crippen LogP contribution < -0.4 is 0 Å². The Morgan fingerprint density at radius 1 is 1.40 bits per heavy atom. The van der Waals surface area contributed by atoms with E-state index in [-0.39, 0.29) is 29.3 Å². The van der Waals surface area contributed by atoms with Gasteiger partial charge in [-0.3, -0.25) is 0 Å². The average molecular weight is 348 g/mol. The summed E-state index contributed by atoms with van der Waals surface area (Å²) in [7, 11) is 0. The Bertz CT molecular complexity index is 676. The highest BCUT2D eigenvalue weighted by Crippen LogP contribution is 2.59. The summed E-state index contributed by atoms with van der Waals surface area (Å²) in [6, 6.07) is 0. The van der Waals surface area contributed by atoms with Crippen LogP contribution in [-0.4, -0.2) is 28.9 Å². The van der Waals surface area contributed by atoms with E-state index in [1.54, 1.807) is 19.9 Å². The number of hydrogen-bond donors (Lipinski definition) is 1. The summed E-state index contributed by atoms with van der Waals surface area (Å²) in [6.45, 7) is 9.61. The standard InChI is InChI=1S/C20H28O5/c1-6-11(2)17(21)24-16-8-7-14-9-20(23)15(12(3)18(22)25-20)10-19(14,5)13(16)4/h6,13-14,16,23H,7-10H2,1-5H3/b11-6-/t13-,14-,16-,19-,20-/m0/s1. The molecular formula is C20H28O5. The summed E-state index contributed by atoms with van der Waals surface area (Å²) < 4.78 is 11.1. The van der Waals surface area contributed by atoms with Crippen molar-refractivity contribution in [3.8, 4) is 0 Å². The molecule has 0 aromatic carbocycles. The van der Waals surface area contributed by atoms with Gasteiger partial charge in [-0.1, -0.05) is 19.9 Å². The number of allylic oxidation sites excluding steroid dienone is 1. The number of fused-ring (bicyclic) bond motifs is 2. The van der Waals surface area contributed by atoms with Crippen LogP contribution in [0.2, 0.25) is 0 Å². The Labute approximate surface area is 149 Å². The zero-order chi connectivity index (χ0) is 18.6. The lowest BCUT2D eigenvalue weighted by Gasteiger charge is -2.54. The third kappa shape index (κ3) is 2.73. The molecule has 0 saturated heterocycles. The van der Waals surface area contributed by atoms with E-state index < -0.39 is 11.8 Å². The largest absolute Gasteiger partial charge is 0.459 e. The third-order valence-electron chi connectivity index (χ3n) is 6.92. The first-order valence-electron chi connectivity index (χ1n) is 9.12. The molecule has 5 atom stereocenters. The molecule has 2 aliphatic carbocycles. The van der Waals surface area contributed by atoms with Gasteiger partial charge in [-0.25, -0.2) is 9.59 Å². The van der Waals surface area contributed by atoms with Crippen LogP contribution in [0.25, 0.3) is 0 Å². The van der Waals surface area contributed by atoms with Gasteiger partial charge < -0.3 is 14.6 Å². The number of ether oxygens (including phenoxy) is 2. The van der Waals surface area contributed by atoms with E-state index in [4.69, 9.17) is 9.47 Å². The number of hydrogen-bond acceptors (Lipinski definition) is 5. The lowest BCUT2D eigenvalue weighted by molar-refractivity contribution is -0.211. The fourth-order valence-corrected chi connectivity index (χ4v) is 4.75. The van der Waals surface area contributed by atoms with Gasteiger partial charge in [-0.05, 0) is 57.3 Å². The van der Waals surface area contributed by atoms with E-state index >= 15 is 0 Å². The first-order chi connectivity index (χ1) is 11.6. The summed E-state index contributed by atoms with van der Waals surface area (Å²) in [5, 5.41) is 10.8. The van der Waals surface area contributed by atoms with Gasteiger partial charge in [0.2, 0.25) is 5.79 Å². The molecule has 2 saturated carbocycles. The molecule has 1 N–H and O–H groups in total. The summed E-state index contributed by atoms with van der Waals surface area (Å²) in [6.07, 6.45) is 4.27. The van der Waals surface area contributed by atoms with Crippen molar-refractivity contribution in [3.63, 3.8) is 0 Å². The van der Waals surface area contributed by atoms with Crippen molar-refractivity contribution in [2.24, 2.45) is 17.3 Å². The van der Waals surface area contributed by atoms with Crippen LogP contribution >= 0.6 is 0 Å². The maximum atomic E-state index is 12.2. The molecule has 138 valence electrons. The fraction of sp³-hybridized carbons (Fsp3) is 0.700. The monoisotopic (exact) mass is 348 g/mol. The molecule has 0 radical (unpaired) electrons. The number of esters is 2. The molecule has 1 heterocycles. The van der Waals surface area contributed by atoms with Crippen molar-refractivity contribution in [2.75, 3.05) is 0 Å². The molecule has 2 fully saturated rings.